The molecular weight excluding hydrogens is 446 g/mol. The average molecular weight is 476 g/mol. The number of nitrogens with zero attached hydrogens (tertiary/aromatic N) is 3. The van der Waals surface area contributed by atoms with E-state index in [4.69, 9.17) is 25.8 Å². The van der Waals surface area contributed by atoms with Crippen LogP contribution >= 0.6 is 11.6 Å². The summed E-state index contributed by atoms with van der Waals surface area (Å²) in [7, 11) is 1.59. The van der Waals surface area contributed by atoms with Crippen molar-refractivity contribution in [3.63, 3.8) is 0 Å². The highest BCUT2D eigenvalue weighted by atomic mass is 35.5. The lowest BCUT2D eigenvalue weighted by atomic mass is 9.70. The van der Waals surface area contributed by atoms with Crippen molar-refractivity contribution < 1.29 is 23.8 Å². The molecule has 1 aliphatic carbocycles. The van der Waals surface area contributed by atoms with Crippen LogP contribution in [0.15, 0.2) is 36.4 Å². The van der Waals surface area contributed by atoms with E-state index in [1.165, 1.54) is 10.9 Å². The largest absolute Gasteiger partial charge is 0.460 e. The van der Waals surface area contributed by atoms with Crippen molar-refractivity contribution in [1.29, 1.82) is 0 Å². The minimum Gasteiger partial charge on any atom is -0.460 e. The van der Waals surface area contributed by atoms with Crippen molar-refractivity contribution in [2.75, 3.05) is 33.5 Å². The van der Waals surface area contributed by atoms with Gasteiger partial charge in [-0.3, -0.25) is 4.79 Å². The topological polar surface area (TPSA) is 92.5 Å². The molecule has 0 radical (unpaired) electrons. The molecule has 3 rings (SSSR count). The Labute approximate surface area is 198 Å². The van der Waals surface area contributed by atoms with Crippen molar-refractivity contribution in [3.8, 4) is 0 Å². The summed E-state index contributed by atoms with van der Waals surface area (Å²) in [6.07, 6.45) is 5.56. The van der Waals surface area contributed by atoms with E-state index in [-0.39, 0.29) is 29.6 Å². The van der Waals surface area contributed by atoms with Crippen LogP contribution in [0.25, 0.3) is 16.7 Å². The molecular formula is C24H30ClN3O5. The van der Waals surface area contributed by atoms with Crippen LogP contribution in [0.3, 0.4) is 0 Å². The van der Waals surface area contributed by atoms with Gasteiger partial charge in [-0.05, 0) is 42.0 Å². The number of ketones is 1. The Balaban J connectivity index is 1.76. The van der Waals surface area contributed by atoms with Gasteiger partial charge in [0.2, 0.25) is 0 Å². The van der Waals surface area contributed by atoms with Gasteiger partial charge < -0.3 is 14.2 Å². The lowest BCUT2D eigenvalue weighted by Crippen LogP contribution is -2.35. The van der Waals surface area contributed by atoms with Crippen LogP contribution in [0.1, 0.15) is 27.2 Å². The summed E-state index contributed by atoms with van der Waals surface area (Å²) in [6.45, 7) is 7.50. The molecule has 0 amide bonds. The maximum Gasteiger partial charge on any atom is 0.330 e. The highest BCUT2D eigenvalue weighted by Crippen LogP contribution is 2.39. The Bertz CT molecular complexity index is 1050. The number of rotatable bonds is 9. The fourth-order valence-electron chi connectivity index (χ4n) is 3.65. The maximum absolute atomic E-state index is 13.3. The van der Waals surface area contributed by atoms with Crippen LogP contribution in [0.4, 0.5) is 0 Å². The molecule has 2 aromatic rings. The molecule has 9 heteroatoms. The molecule has 0 N–H and O–H groups in total. The molecule has 8 nitrogen and oxygen atoms in total. The van der Waals surface area contributed by atoms with Crippen molar-refractivity contribution >= 4 is 40.1 Å². The normalized spacial score (nSPS) is 19.3. The number of ether oxygens (including phenoxy) is 3. The van der Waals surface area contributed by atoms with Gasteiger partial charge in [-0.15, -0.1) is 15.0 Å². The van der Waals surface area contributed by atoms with Gasteiger partial charge >= 0.3 is 5.97 Å². The van der Waals surface area contributed by atoms with Crippen LogP contribution in [0.5, 0.6) is 0 Å². The predicted molar refractivity (Wildman–Crippen MR) is 126 cm³/mol. The summed E-state index contributed by atoms with van der Waals surface area (Å²) in [5.74, 6) is -0.878. The Morgan fingerprint density at radius 3 is 2.64 bits per heavy atom. The van der Waals surface area contributed by atoms with E-state index < -0.39 is 5.97 Å². The third-order valence-corrected chi connectivity index (χ3v) is 5.67. The SMILES string of the molecule is COCCOCCOC(=O)C=CC1C=C(n2nc3ccc(Cl)cc3n2)C(=O)C(C(C)(C)C)C1. The third kappa shape index (κ3) is 6.72. The van der Waals surface area contributed by atoms with Gasteiger partial charge in [0.1, 0.15) is 23.3 Å². The Kier molecular flexibility index (Phi) is 8.40. The number of esters is 1. The minimum absolute atomic E-state index is 0.0191. The number of halogens is 1. The number of allylic oxidation sites excluding steroid dienone is 3. The van der Waals surface area contributed by atoms with Gasteiger partial charge in [-0.25, -0.2) is 4.79 Å². The lowest BCUT2D eigenvalue weighted by molar-refractivity contribution is -0.139. The van der Waals surface area contributed by atoms with E-state index in [0.29, 0.717) is 48.0 Å². The predicted octanol–water partition coefficient (Wildman–Crippen LogP) is 3.94. The fourth-order valence-corrected chi connectivity index (χ4v) is 3.81. The lowest BCUT2D eigenvalue weighted by Gasteiger charge is -2.34. The molecule has 178 valence electrons. The average Bonchev–Trinajstić information content (AvgIpc) is 3.17. The number of hydrogen-bond donors (Lipinski definition) is 0. The highest BCUT2D eigenvalue weighted by molar-refractivity contribution is 6.31. The number of fused-ring (bicyclic) bond motifs is 1. The summed E-state index contributed by atoms with van der Waals surface area (Å²) in [6, 6.07) is 5.21. The van der Waals surface area contributed by atoms with E-state index in [9.17, 15) is 9.59 Å². The number of methoxy groups -OCH3 is 1. The number of Topliss-reactive ketones (excluding diaryl/α,β-unsaturated/α-hetero) is 1. The molecule has 1 aliphatic rings. The summed E-state index contributed by atoms with van der Waals surface area (Å²) < 4.78 is 15.3. The van der Waals surface area contributed by atoms with Crippen molar-refractivity contribution in [2.45, 2.75) is 27.2 Å². The zero-order valence-corrected chi connectivity index (χ0v) is 20.2. The van der Waals surface area contributed by atoms with Crippen LogP contribution < -0.4 is 0 Å². The number of aromatic nitrogens is 3. The van der Waals surface area contributed by atoms with Gasteiger partial charge in [0.25, 0.3) is 0 Å². The van der Waals surface area contributed by atoms with Gasteiger partial charge in [-0.1, -0.05) is 38.4 Å². The Morgan fingerprint density at radius 2 is 1.91 bits per heavy atom. The second-order valence-electron chi connectivity index (χ2n) is 8.99. The molecule has 0 spiro atoms. The van der Waals surface area contributed by atoms with Crippen LogP contribution in [-0.4, -0.2) is 60.3 Å². The monoisotopic (exact) mass is 475 g/mol. The first kappa shape index (κ1) is 25.1. The Hall–Kier alpha value is -2.55. The van der Waals surface area contributed by atoms with Crippen molar-refractivity contribution in [2.24, 2.45) is 17.3 Å². The maximum atomic E-state index is 13.3. The highest BCUT2D eigenvalue weighted by Gasteiger charge is 2.38. The number of benzene rings is 1. The molecule has 33 heavy (non-hydrogen) atoms. The summed E-state index contributed by atoms with van der Waals surface area (Å²) >= 11 is 6.06. The zero-order chi connectivity index (χ0) is 24.0. The summed E-state index contributed by atoms with van der Waals surface area (Å²) in [5, 5.41) is 9.47. The van der Waals surface area contributed by atoms with E-state index in [0.717, 1.165) is 0 Å². The first-order valence-corrected chi connectivity index (χ1v) is 11.3. The first-order valence-electron chi connectivity index (χ1n) is 10.9. The van der Waals surface area contributed by atoms with E-state index >= 15 is 0 Å². The standard InChI is InChI=1S/C24H30ClN3O5/c1-24(2,3)18-13-16(5-8-22(29)33-12-11-32-10-9-31-4)14-21(23(18)30)28-26-19-7-6-17(25)15-20(19)27-28/h5-8,14-16,18H,9-13H2,1-4H3. The van der Waals surface area contributed by atoms with Crippen LogP contribution in [-0.2, 0) is 23.8 Å². The summed E-state index contributed by atoms with van der Waals surface area (Å²) in [4.78, 5) is 26.8. The van der Waals surface area contributed by atoms with Gasteiger partial charge in [0.05, 0.1) is 19.8 Å². The van der Waals surface area contributed by atoms with Crippen molar-refractivity contribution in [3.05, 3.63) is 41.4 Å². The molecule has 0 saturated heterocycles. The van der Waals surface area contributed by atoms with Gasteiger partial charge in [-0.2, -0.15) is 0 Å². The second kappa shape index (κ2) is 11.0. The van der Waals surface area contributed by atoms with E-state index in [1.54, 1.807) is 31.4 Å². The second-order valence-corrected chi connectivity index (χ2v) is 9.43. The molecule has 0 bridgehead atoms. The number of carbonyl (C=O) groups excluding carboxylic acids is 2. The fraction of sp³-hybridized carbons (Fsp3) is 0.500. The van der Waals surface area contributed by atoms with E-state index in [2.05, 4.69) is 10.2 Å². The number of carbonyl (C=O) groups is 2. The quantitative estimate of drug-likeness (QED) is 0.308. The Morgan fingerprint density at radius 1 is 1.18 bits per heavy atom. The molecule has 0 fully saturated rings. The molecule has 0 saturated carbocycles. The molecule has 1 aromatic heterocycles. The van der Waals surface area contributed by atoms with Gasteiger partial charge in [0, 0.05) is 24.1 Å². The minimum atomic E-state index is -0.456. The van der Waals surface area contributed by atoms with Gasteiger partial charge in [0.15, 0.2) is 5.78 Å². The molecule has 1 heterocycles. The molecule has 1 aromatic carbocycles. The smallest absolute Gasteiger partial charge is 0.330 e. The first-order chi connectivity index (χ1) is 15.7. The number of hydrogen-bond acceptors (Lipinski definition) is 7. The van der Waals surface area contributed by atoms with Crippen molar-refractivity contribution in [1.82, 2.24) is 15.0 Å². The molecule has 2 atom stereocenters. The molecule has 2 unspecified atom stereocenters. The summed E-state index contributed by atoms with van der Waals surface area (Å²) in [5.41, 5.74) is 1.38. The molecule has 0 aliphatic heterocycles. The van der Waals surface area contributed by atoms with E-state index in [1.807, 2.05) is 26.8 Å². The van der Waals surface area contributed by atoms with Crippen LogP contribution in [0, 0.1) is 17.3 Å². The third-order valence-electron chi connectivity index (χ3n) is 5.44. The van der Waals surface area contributed by atoms with Crippen LogP contribution in [0.2, 0.25) is 5.02 Å². The zero-order valence-electron chi connectivity index (χ0n) is 19.4.